The van der Waals surface area contributed by atoms with E-state index in [1.807, 2.05) is 24.3 Å². The van der Waals surface area contributed by atoms with Crippen LogP contribution in [0.15, 0.2) is 28.8 Å². The van der Waals surface area contributed by atoms with Gasteiger partial charge in [0.05, 0.1) is 12.7 Å². The Kier molecular flexibility index (Phi) is 2.87. The molecule has 1 heterocycles. The largest absolute Gasteiger partial charge is 0.496 e. The summed E-state index contributed by atoms with van der Waals surface area (Å²) in [5, 5.41) is 13.0. The van der Waals surface area contributed by atoms with Crippen LogP contribution in [-0.2, 0) is 0 Å². The number of rotatable bonds is 3. The molecule has 1 atom stereocenters. The van der Waals surface area contributed by atoms with E-state index in [-0.39, 0.29) is 5.82 Å². The zero-order valence-corrected chi connectivity index (χ0v) is 9.04. The second-order valence-electron chi connectivity index (χ2n) is 3.33. The van der Waals surface area contributed by atoms with Gasteiger partial charge in [0.15, 0.2) is 5.82 Å². The Morgan fingerprint density at radius 3 is 2.75 bits per heavy atom. The van der Waals surface area contributed by atoms with Crippen molar-refractivity contribution in [3.8, 4) is 17.2 Å². The Labute approximate surface area is 92.7 Å². The number of nitrogens with zero attached hydrogens (tertiary/aromatic N) is 2. The molecule has 2 aromatic rings. The molecule has 16 heavy (non-hydrogen) atoms. The Morgan fingerprint density at radius 1 is 1.38 bits per heavy atom. The summed E-state index contributed by atoms with van der Waals surface area (Å²) in [6.07, 6.45) is -0.743. The van der Waals surface area contributed by atoms with Crippen LogP contribution in [0.5, 0.6) is 5.75 Å². The van der Waals surface area contributed by atoms with Crippen molar-refractivity contribution in [2.45, 2.75) is 13.0 Å². The lowest BCUT2D eigenvalue weighted by molar-refractivity contribution is 0.184. The first-order valence-electron chi connectivity index (χ1n) is 4.87. The third-order valence-electron chi connectivity index (χ3n) is 2.15. The zero-order valence-electron chi connectivity index (χ0n) is 9.04. The summed E-state index contributed by atoms with van der Waals surface area (Å²) in [6, 6.07) is 7.33. The molecule has 0 aliphatic carbocycles. The molecule has 0 bridgehead atoms. The lowest BCUT2D eigenvalue weighted by Crippen LogP contribution is -1.93. The normalized spacial score (nSPS) is 12.4. The number of hydrogen-bond donors (Lipinski definition) is 1. The Morgan fingerprint density at radius 2 is 2.12 bits per heavy atom. The Bertz CT molecular complexity index is 480. The minimum Gasteiger partial charge on any atom is -0.496 e. The summed E-state index contributed by atoms with van der Waals surface area (Å²) in [4.78, 5) is 4.08. The van der Waals surface area contributed by atoms with Crippen molar-refractivity contribution >= 4 is 0 Å². The number of benzene rings is 1. The van der Waals surface area contributed by atoms with Crippen molar-refractivity contribution < 1.29 is 14.4 Å². The Balaban J connectivity index is 2.42. The molecule has 0 fully saturated rings. The highest BCUT2D eigenvalue weighted by Crippen LogP contribution is 2.28. The van der Waals surface area contributed by atoms with Crippen LogP contribution in [0.25, 0.3) is 11.5 Å². The maximum absolute atomic E-state index is 9.29. The van der Waals surface area contributed by atoms with E-state index < -0.39 is 6.10 Å². The molecule has 5 nitrogen and oxygen atoms in total. The number of aliphatic hydroxyl groups is 1. The van der Waals surface area contributed by atoms with Gasteiger partial charge in [0.1, 0.15) is 11.9 Å². The quantitative estimate of drug-likeness (QED) is 0.854. The molecule has 2 rings (SSSR count). The van der Waals surface area contributed by atoms with Crippen molar-refractivity contribution in [2.24, 2.45) is 0 Å². The van der Waals surface area contributed by atoms with Crippen LogP contribution in [0.3, 0.4) is 0 Å². The molecule has 0 aliphatic rings. The van der Waals surface area contributed by atoms with Crippen molar-refractivity contribution in [1.82, 2.24) is 10.1 Å². The Hall–Kier alpha value is -1.88. The second kappa shape index (κ2) is 4.32. The molecule has 0 aliphatic heterocycles. The van der Waals surface area contributed by atoms with Gasteiger partial charge in [-0.25, -0.2) is 0 Å². The highest BCUT2D eigenvalue weighted by atomic mass is 16.5. The number of methoxy groups -OCH3 is 1. The van der Waals surface area contributed by atoms with E-state index in [4.69, 9.17) is 9.26 Å². The highest BCUT2D eigenvalue weighted by molar-refractivity contribution is 5.62. The fourth-order valence-electron chi connectivity index (χ4n) is 1.34. The topological polar surface area (TPSA) is 68.4 Å². The standard InChI is InChI=1S/C11H12N2O3/c1-7(14)10-12-11(16-13-10)8-5-3-4-6-9(8)15-2/h3-7,14H,1-2H3. The highest BCUT2D eigenvalue weighted by Gasteiger charge is 2.15. The van der Waals surface area contributed by atoms with Gasteiger partial charge in [0, 0.05) is 0 Å². The van der Waals surface area contributed by atoms with Gasteiger partial charge in [0.25, 0.3) is 5.89 Å². The van der Waals surface area contributed by atoms with Crippen LogP contribution in [-0.4, -0.2) is 22.4 Å². The molecule has 1 N–H and O–H groups in total. The molecule has 5 heteroatoms. The van der Waals surface area contributed by atoms with Gasteiger partial charge in [0.2, 0.25) is 0 Å². The third kappa shape index (κ3) is 1.90. The predicted molar refractivity (Wildman–Crippen MR) is 56.9 cm³/mol. The van der Waals surface area contributed by atoms with E-state index in [2.05, 4.69) is 10.1 Å². The van der Waals surface area contributed by atoms with Crippen molar-refractivity contribution in [2.75, 3.05) is 7.11 Å². The summed E-state index contributed by atoms with van der Waals surface area (Å²) in [7, 11) is 1.57. The average molecular weight is 220 g/mol. The van der Waals surface area contributed by atoms with Crippen LogP contribution < -0.4 is 4.74 Å². The molecule has 0 radical (unpaired) electrons. The van der Waals surface area contributed by atoms with Crippen molar-refractivity contribution in [3.63, 3.8) is 0 Å². The van der Waals surface area contributed by atoms with Crippen molar-refractivity contribution in [3.05, 3.63) is 30.1 Å². The zero-order chi connectivity index (χ0) is 11.5. The molecule has 1 aromatic heterocycles. The third-order valence-corrected chi connectivity index (χ3v) is 2.15. The fraction of sp³-hybridized carbons (Fsp3) is 0.273. The van der Waals surface area contributed by atoms with Gasteiger partial charge < -0.3 is 14.4 Å². The molecule has 1 unspecified atom stereocenters. The molecule has 1 aromatic carbocycles. The molecule has 0 spiro atoms. The van der Waals surface area contributed by atoms with Crippen LogP contribution in [0.2, 0.25) is 0 Å². The van der Waals surface area contributed by atoms with Gasteiger partial charge in [-0.15, -0.1) is 0 Å². The number of hydrogen-bond acceptors (Lipinski definition) is 5. The average Bonchev–Trinajstić information content (AvgIpc) is 2.78. The molecule has 0 saturated carbocycles. The van der Waals surface area contributed by atoms with Crippen LogP contribution in [0.4, 0.5) is 0 Å². The summed E-state index contributed by atoms with van der Waals surface area (Å²) in [5.74, 6) is 1.26. The number of aliphatic hydroxyl groups excluding tert-OH is 1. The lowest BCUT2D eigenvalue weighted by atomic mass is 10.2. The first-order chi connectivity index (χ1) is 7.72. The van der Waals surface area contributed by atoms with Gasteiger partial charge in [-0.3, -0.25) is 0 Å². The van der Waals surface area contributed by atoms with Gasteiger partial charge in [-0.2, -0.15) is 4.98 Å². The fourth-order valence-corrected chi connectivity index (χ4v) is 1.34. The van der Waals surface area contributed by atoms with Crippen LogP contribution in [0.1, 0.15) is 18.9 Å². The first kappa shape index (κ1) is 10.6. The number of aromatic nitrogens is 2. The monoisotopic (exact) mass is 220 g/mol. The lowest BCUT2D eigenvalue weighted by Gasteiger charge is -2.02. The summed E-state index contributed by atoms with van der Waals surface area (Å²) in [5.41, 5.74) is 0.712. The second-order valence-corrected chi connectivity index (χ2v) is 3.33. The summed E-state index contributed by atoms with van der Waals surface area (Å²) in [6.45, 7) is 1.58. The van der Waals surface area contributed by atoms with Crippen LogP contribution >= 0.6 is 0 Å². The van der Waals surface area contributed by atoms with Crippen LogP contribution in [0, 0.1) is 0 Å². The maximum Gasteiger partial charge on any atom is 0.261 e. The minimum absolute atomic E-state index is 0.265. The maximum atomic E-state index is 9.29. The molecule has 84 valence electrons. The van der Waals surface area contributed by atoms with E-state index in [0.717, 1.165) is 0 Å². The van der Waals surface area contributed by atoms with E-state index in [1.54, 1.807) is 14.0 Å². The SMILES string of the molecule is COc1ccccc1-c1nc(C(C)O)no1. The first-order valence-corrected chi connectivity index (χ1v) is 4.87. The van der Waals surface area contributed by atoms with E-state index in [1.165, 1.54) is 0 Å². The van der Waals surface area contributed by atoms with Gasteiger partial charge in [-0.1, -0.05) is 17.3 Å². The molecular weight excluding hydrogens is 208 g/mol. The van der Waals surface area contributed by atoms with E-state index >= 15 is 0 Å². The summed E-state index contributed by atoms with van der Waals surface area (Å²) >= 11 is 0. The van der Waals surface area contributed by atoms with Gasteiger partial charge in [-0.05, 0) is 19.1 Å². The smallest absolute Gasteiger partial charge is 0.261 e. The molecule has 0 amide bonds. The molecular formula is C11H12N2O3. The predicted octanol–water partition coefficient (Wildman–Crippen LogP) is 1.80. The summed E-state index contributed by atoms with van der Waals surface area (Å²) < 4.78 is 10.2. The van der Waals surface area contributed by atoms with Gasteiger partial charge >= 0.3 is 0 Å². The number of ether oxygens (including phenoxy) is 1. The van der Waals surface area contributed by atoms with Crippen molar-refractivity contribution in [1.29, 1.82) is 0 Å². The van der Waals surface area contributed by atoms with E-state index in [9.17, 15) is 5.11 Å². The minimum atomic E-state index is -0.743. The molecule has 0 saturated heterocycles. The van der Waals surface area contributed by atoms with E-state index in [0.29, 0.717) is 17.2 Å². The number of para-hydroxylation sites is 1.